The van der Waals surface area contributed by atoms with Crippen LogP contribution in [0.3, 0.4) is 0 Å². The van der Waals surface area contributed by atoms with E-state index in [1.54, 1.807) is 6.07 Å². The molecule has 0 radical (unpaired) electrons. The number of sulfonamides is 1. The van der Waals surface area contributed by atoms with E-state index in [0.717, 1.165) is 34.0 Å². The predicted octanol–water partition coefficient (Wildman–Crippen LogP) is 4.01. The molecule has 2 heterocycles. The zero-order chi connectivity index (χ0) is 22.0. The van der Waals surface area contributed by atoms with Gasteiger partial charge in [-0.25, -0.2) is 13.4 Å². The summed E-state index contributed by atoms with van der Waals surface area (Å²) in [6.45, 7) is 3.80. The number of rotatable bonds is 6. The molecule has 2 N–H and O–H groups in total. The molecule has 0 amide bonds. The summed E-state index contributed by atoms with van der Waals surface area (Å²) in [7, 11) is -3.92. The average Bonchev–Trinajstić information content (AvgIpc) is 3.37. The smallest absolute Gasteiger partial charge is 0.263 e. The number of nitrogens with one attached hydrogen (secondary N) is 2. The van der Waals surface area contributed by atoms with Crippen LogP contribution in [0.4, 0.5) is 5.13 Å². The van der Waals surface area contributed by atoms with Crippen molar-refractivity contribution in [1.29, 1.82) is 5.26 Å². The highest BCUT2D eigenvalue weighted by atomic mass is 32.2. The molecule has 156 valence electrons. The molecule has 0 spiro atoms. The number of aromatic amines is 1. The molecule has 0 fully saturated rings. The van der Waals surface area contributed by atoms with E-state index in [0.29, 0.717) is 5.75 Å². The molecular formula is C20H16N6O3S2. The SMILES string of the molecule is Cc1n[nH]c(C)c1-c1ccccc1Oc1ccc(S(=O)(=O)Nc2ncns2)cc1C#N. The van der Waals surface area contributed by atoms with Gasteiger partial charge < -0.3 is 4.74 Å². The summed E-state index contributed by atoms with van der Waals surface area (Å²) in [5, 5.41) is 16.9. The van der Waals surface area contributed by atoms with Gasteiger partial charge >= 0.3 is 0 Å². The Hall–Kier alpha value is -3.75. The summed E-state index contributed by atoms with van der Waals surface area (Å²) < 4.78 is 37.3. The molecular weight excluding hydrogens is 436 g/mol. The molecule has 4 rings (SSSR count). The number of H-pyrrole nitrogens is 1. The number of nitrogens with zero attached hydrogens (tertiary/aromatic N) is 4. The lowest BCUT2D eigenvalue weighted by Crippen LogP contribution is -2.13. The van der Waals surface area contributed by atoms with Gasteiger partial charge in [-0.15, -0.1) is 0 Å². The molecule has 9 nitrogen and oxygen atoms in total. The lowest BCUT2D eigenvalue weighted by atomic mass is 10.0. The minimum absolute atomic E-state index is 0.0792. The number of aromatic nitrogens is 4. The molecule has 31 heavy (non-hydrogen) atoms. The number of nitriles is 1. The first kappa shape index (κ1) is 20.5. The molecule has 0 saturated carbocycles. The highest BCUT2D eigenvalue weighted by molar-refractivity contribution is 7.93. The quantitative estimate of drug-likeness (QED) is 0.451. The van der Waals surface area contributed by atoms with Gasteiger partial charge in [0.15, 0.2) is 0 Å². The van der Waals surface area contributed by atoms with E-state index in [2.05, 4.69) is 24.3 Å². The van der Waals surface area contributed by atoms with Crippen LogP contribution >= 0.6 is 11.5 Å². The Morgan fingerprint density at radius 2 is 1.97 bits per heavy atom. The maximum Gasteiger partial charge on any atom is 0.263 e. The Morgan fingerprint density at radius 1 is 1.16 bits per heavy atom. The van der Waals surface area contributed by atoms with Gasteiger partial charge in [0.25, 0.3) is 10.0 Å². The third-order valence-electron chi connectivity index (χ3n) is 4.47. The lowest BCUT2D eigenvalue weighted by molar-refractivity contribution is 0.482. The van der Waals surface area contributed by atoms with Gasteiger partial charge in [-0.2, -0.15) is 14.7 Å². The van der Waals surface area contributed by atoms with Crippen molar-refractivity contribution in [2.24, 2.45) is 0 Å². The van der Waals surface area contributed by atoms with Gasteiger partial charge in [0.05, 0.1) is 16.2 Å². The van der Waals surface area contributed by atoms with Crippen LogP contribution in [0.5, 0.6) is 11.5 Å². The van der Waals surface area contributed by atoms with Crippen LogP contribution in [0.25, 0.3) is 11.1 Å². The Balaban J connectivity index is 1.69. The predicted molar refractivity (Wildman–Crippen MR) is 115 cm³/mol. The van der Waals surface area contributed by atoms with Crippen LogP contribution in [0.1, 0.15) is 17.0 Å². The normalized spacial score (nSPS) is 11.1. The zero-order valence-electron chi connectivity index (χ0n) is 16.4. The Labute approximate surface area is 182 Å². The second-order valence-electron chi connectivity index (χ2n) is 6.53. The summed E-state index contributed by atoms with van der Waals surface area (Å²) in [5.41, 5.74) is 3.51. The summed E-state index contributed by atoms with van der Waals surface area (Å²) in [4.78, 5) is 3.73. The average molecular weight is 453 g/mol. The van der Waals surface area contributed by atoms with Crippen LogP contribution in [0, 0.1) is 25.2 Å². The third-order valence-corrected chi connectivity index (χ3v) is 6.52. The fraction of sp³-hybridized carbons (Fsp3) is 0.100. The summed E-state index contributed by atoms with van der Waals surface area (Å²) in [6, 6.07) is 13.5. The molecule has 0 aliphatic carbocycles. The maximum absolute atomic E-state index is 12.6. The van der Waals surface area contributed by atoms with Crippen molar-refractivity contribution in [1.82, 2.24) is 19.6 Å². The first-order chi connectivity index (χ1) is 14.9. The maximum atomic E-state index is 12.6. The van der Waals surface area contributed by atoms with E-state index in [1.807, 2.05) is 38.1 Å². The van der Waals surface area contributed by atoms with Crippen molar-refractivity contribution in [3.8, 4) is 28.7 Å². The van der Waals surface area contributed by atoms with E-state index in [-0.39, 0.29) is 21.3 Å². The molecule has 0 saturated heterocycles. The van der Waals surface area contributed by atoms with E-state index in [9.17, 15) is 13.7 Å². The van der Waals surface area contributed by atoms with Crippen LogP contribution in [-0.2, 0) is 10.0 Å². The third kappa shape index (κ3) is 4.11. The van der Waals surface area contributed by atoms with Gasteiger partial charge in [0.1, 0.15) is 23.9 Å². The monoisotopic (exact) mass is 452 g/mol. The summed E-state index contributed by atoms with van der Waals surface area (Å²) in [5.74, 6) is 0.762. The van der Waals surface area contributed by atoms with E-state index in [1.165, 1.54) is 24.5 Å². The van der Waals surface area contributed by atoms with E-state index < -0.39 is 10.0 Å². The van der Waals surface area contributed by atoms with Crippen molar-refractivity contribution in [3.63, 3.8) is 0 Å². The molecule has 0 atom stereocenters. The number of hydrogen-bond acceptors (Lipinski definition) is 8. The fourth-order valence-electron chi connectivity index (χ4n) is 3.07. The lowest BCUT2D eigenvalue weighted by Gasteiger charge is -2.13. The molecule has 0 unspecified atom stereocenters. The zero-order valence-corrected chi connectivity index (χ0v) is 18.1. The number of ether oxygens (including phenoxy) is 1. The number of hydrogen-bond donors (Lipinski definition) is 2. The van der Waals surface area contributed by atoms with Crippen LogP contribution in [0.2, 0.25) is 0 Å². The molecule has 4 aromatic rings. The van der Waals surface area contributed by atoms with Crippen molar-refractivity contribution < 1.29 is 13.2 Å². The topological polar surface area (TPSA) is 134 Å². The standard InChI is InChI=1S/C20H16N6O3S2/c1-12-19(13(2)25-24-12)16-5-3-4-6-18(16)29-17-8-7-15(9-14(17)10-21)31(27,28)26-20-22-11-23-30-20/h3-9,11H,1-2H3,(H,24,25)(H,22,23,26). The molecule has 2 aromatic carbocycles. The summed E-state index contributed by atoms with van der Waals surface area (Å²) in [6.07, 6.45) is 1.25. The second-order valence-corrected chi connectivity index (χ2v) is 8.99. The van der Waals surface area contributed by atoms with Gasteiger partial charge in [0.2, 0.25) is 5.13 Å². The number of aryl methyl sites for hydroxylation is 2. The van der Waals surface area contributed by atoms with Gasteiger partial charge in [-0.05, 0) is 38.1 Å². The first-order valence-electron chi connectivity index (χ1n) is 9.01. The molecule has 2 aromatic heterocycles. The van der Waals surface area contributed by atoms with Crippen LogP contribution < -0.4 is 9.46 Å². The number of anilines is 1. The van der Waals surface area contributed by atoms with Crippen molar-refractivity contribution in [2.75, 3.05) is 4.72 Å². The Bertz CT molecular complexity index is 1370. The largest absolute Gasteiger partial charge is 0.455 e. The van der Waals surface area contributed by atoms with Gasteiger partial charge in [-0.1, -0.05) is 18.2 Å². The highest BCUT2D eigenvalue weighted by Gasteiger charge is 2.20. The number of para-hydroxylation sites is 1. The van der Waals surface area contributed by atoms with Gasteiger partial charge in [-0.3, -0.25) is 9.82 Å². The fourth-order valence-corrected chi connectivity index (χ4v) is 4.76. The minimum atomic E-state index is -3.92. The molecule has 0 aliphatic heterocycles. The molecule has 0 aliphatic rings. The summed E-state index contributed by atoms with van der Waals surface area (Å²) >= 11 is 0.913. The Kier molecular flexibility index (Phi) is 5.41. The van der Waals surface area contributed by atoms with E-state index in [4.69, 9.17) is 4.74 Å². The first-order valence-corrected chi connectivity index (χ1v) is 11.3. The van der Waals surface area contributed by atoms with Crippen molar-refractivity contribution in [2.45, 2.75) is 18.7 Å². The minimum Gasteiger partial charge on any atom is -0.455 e. The van der Waals surface area contributed by atoms with Crippen molar-refractivity contribution >= 4 is 26.7 Å². The van der Waals surface area contributed by atoms with Crippen LogP contribution in [-0.4, -0.2) is 28.0 Å². The van der Waals surface area contributed by atoms with Crippen LogP contribution in [0.15, 0.2) is 53.7 Å². The van der Waals surface area contributed by atoms with Crippen molar-refractivity contribution in [3.05, 3.63) is 65.7 Å². The Morgan fingerprint density at radius 3 is 2.65 bits per heavy atom. The number of benzene rings is 2. The van der Waals surface area contributed by atoms with E-state index >= 15 is 0 Å². The molecule has 11 heteroatoms. The van der Waals surface area contributed by atoms with Gasteiger partial charge in [0, 0.05) is 28.4 Å². The molecule has 0 bridgehead atoms. The highest BCUT2D eigenvalue weighted by Crippen LogP contribution is 2.37. The second kappa shape index (κ2) is 8.17.